The molecule has 3 aromatic heterocycles. The average molecular weight is 797 g/mol. The molecule has 3 aromatic carbocycles. The number of hydrogen-bond donors (Lipinski definition) is 3. The van der Waals surface area contributed by atoms with E-state index in [0.29, 0.717) is 31.1 Å². The normalized spacial score (nSPS) is 10.4. The van der Waals surface area contributed by atoms with Crippen LogP contribution in [-0.4, -0.2) is 55.6 Å². The number of halogens is 2. The molecule has 0 aliphatic heterocycles. The molecule has 0 spiro atoms. The van der Waals surface area contributed by atoms with E-state index in [1.54, 1.807) is 50.1 Å². The van der Waals surface area contributed by atoms with Crippen molar-refractivity contribution in [2.45, 2.75) is 53.1 Å². The molecule has 0 radical (unpaired) electrons. The Balaban J connectivity index is 0.000000187. The zero-order valence-electron chi connectivity index (χ0n) is 31.9. The lowest BCUT2D eigenvalue weighted by Gasteiger charge is -2.15. The Morgan fingerprint density at radius 1 is 0.625 bits per heavy atom. The quantitative estimate of drug-likeness (QED) is 0.0757. The van der Waals surface area contributed by atoms with E-state index in [4.69, 9.17) is 32.5 Å². The Labute approximate surface area is 328 Å². The number of rotatable bonds is 18. The number of oxazole rings is 2. The number of hydrogen-bond acceptors (Lipinski definition) is 15. The number of methoxy groups -OCH3 is 3. The van der Waals surface area contributed by atoms with Gasteiger partial charge < -0.3 is 53.2 Å². The zero-order valence-corrected chi connectivity index (χ0v) is 32.7. The van der Waals surface area contributed by atoms with Crippen molar-refractivity contribution in [3.8, 4) is 34.5 Å². The molecule has 0 saturated heterocycles. The van der Waals surface area contributed by atoms with Crippen LogP contribution in [0.3, 0.4) is 0 Å². The molecule has 0 unspecified atom stereocenters. The highest BCUT2D eigenvalue weighted by atomic mass is 32.1. The molecule has 0 saturated carbocycles. The minimum Gasteiger partial charge on any atom is -0.493 e. The first-order valence-electron chi connectivity index (χ1n) is 17.3. The summed E-state index contributed by atoms with van der Waals surface area (Å²) in [7, 11) is 4.66. The van der Waals surface area contributed by atoms with Crippen LogP contribution in [0.2, 0.25) is 0 Å². The van der Waals surface area contributed by atoms with Crippen LogP contribution in [-0.2, 0) is 19.6 Å². The first-order valence-corrected chi connectivity index (χ1v) is 18.2. The molecule has 6 rings (SSSR count). The third-order valence-corrected chi connectivity index (χ3v) is 8.00. The smallest absolute Gasteiger partial charge is 0.387 e. The summed E-state index contributed by atoms with van der Waals surface area (Å²) >= 11 is 1.63. The van der Waals surface area contributed by atoms with E-state index in [2.05, 4.69) is 35.6 Å². The third-order valence-electron chi connectivity index (χ3n) is 7.22. The van der Waals surface area contributed by atoms with Gasteiger partial charge in [0.25, 0.3) is 0 Å². The summed E-state index contributed by atoms with van der Waals surface area (Å²) in [6, 6.07) is 16.1. The number of aromatic nitrogens is 3. The van der Waals surface area contributed by atoms with Gasteiger partial charge in [0.15, 0.2) is 47.3 Å². The summed E-state index contributed by atoms with van der Waals surface area (Å²) in [6.07, 6.45) is 7.97. The van der Waals surface area contributed by atoms with Crippen LogP contribution in [0.25, 0.3) is 0 Å². The van der Waals surface area contributed by atoms with Gasteiger partial charge in [-0.05, 0) is 57.2 Å². The SMILES string of the molecule is CCOc1ccc(NCc2cncs2)cc1OC.COc1cc(NCc2cnco2)ccc1OC(F)F.COc1ccc(NCc2cnco2)cc1OC(C)C. The summed E-state index contributed by atoms with van der Waals surface area (Å²) in [4.78, 5) is 12.9. The van der Waals surface area contributed by atoms with Gasteiger partial charge in [-0.25, -0.2) is 9.97 Å². The van der Waals surface area contributed by atoms with E-state index < -0.39 is 6.61 Å². The number of nitrogens with one attached hydrogen (secondary N) is 3. The molecule has 0 aliphatic rings. The van der Waals surface area contributed by atoms with Crippen LogP contribution in [0.5, 0.6) is 34.5 Å². The van der Waals surface area contributed by atoms with Crippen molar-refractivity contribution in [1.29, 1.82) is 0 Å². The Morgan fingerprint density at radius 2 is 1.14 bits per heavy atom. The number of ether oxygens (including phenoxy) is 6. The molecule has 0 atom stereocenters. The average Bonchev–Trinajstić information content (AvgIpc) is 4.02. The highest BCUT2D eigenvalue weighted by Crippen LogP contribution is 2.33. The first kappa shape index (κ1) is 42.5. The van der Waals surface area contributed by atoms with Crippen LogP contribution < -0.4 is 44.4 Å². The van der Waals surface area contributed by atoms with Gasteiger partial charge in [0.05, 0.1) is 71.6 Å². The van der Waals surface area contributed by atoms with Crippen molar-refractivity contribution in [2.24, 2.45) is 0 Å². The van der Waals surface area contributed by atoms with Crippen molar-refractivity contribution in [3.05, 3.63) is 108 Å². The van der Waals surface area contributed by atoms with Gasteiger partial charge in [-0.1, -0.05) is 0 Å². The van der Waals surface area contributed by atoms with E-state index >= 15 is 0 Å². The summed E-state index contributed by atoms with van der Waals surface area (Å²) in [6.45, 7) is 5.43. The Bertz CT molecular complexity index is 1970. The second-order valence-corrected chi connectivity index (χ2v) is 12.5. The molecule has 0 amide bonds. The maximum absolute atomic E-state index is 12.2. The Hall–Kier alpha value is -6.23. The molecule has 0 aliphatic carbocycles. The molecule has 3 heterocycles. The van der Waals surface area contributed by atoms with Crippen LogP contribution in [0.4, 0.5) is 25.8 Å². The highest BCUT2D eigenvalue weighted by Gasteiger charge is 2.12. The van der Waals surface area contributed by atoms with Crippen molar-refractivity contribution in [1.82, 2.24) is 15.0 Å². The molecular weight excluding hydrogens is 751 g/mol. The van der Waals surface area contributed by atoms with Gasteiger partial charge in [0.1, 0.15) is 11.5 Å². The van der Waals surface area contributed by atoms with E-state index in [9.17, 15) is 8.78 Å². The van der Waals surface area contributed by atoms with Gasteiger partial charge >= 0.3 is 6.61 Å². The number of alkyl halides is 2. The van der Waals surface area contributed by atoms with E-state index in [-0.39, 0.29) is 17.6 Å². The molecule has 56 heavy (non-hydrogen) atoms. The standard InChI is InChI=1S/C14H18N2O3.C13H16N2O2S.C12H12F2N2O3/c1-10(2)19-14-6-11(4-5-13(14)17-3)16-8-12-7-15-9-18-12;1-3-17-12-5-4-10(6-13(12)16-2)15-8-11-7-14-9-18-11;1-17-11-4-8(2-3-10(11)19-12(13)14)16-6-9-5-15-7-18-9/h4-7,9-10,16H,8H2,1-3H3;4-7,9,15H,3,8H2,1-2H3;2-5,7,12,16H,6H2,1H3. The van der Waals surface area contributed by atoms with E-state index in [1.807, 2.05) is 68.9 Å². The van der Waals surface area contributed by atoms with Gasteiger partial charge in [-0.15, -0.1) is 11.3 Å². The molecule has 300 valence electrons. The molecule has 14 nitrogen and oxygen atoms in total. The van der Waals surface area contributed by atoms with Crippen molar-refractivity contribution in [3.63, 3.8) is 0 Å². The van der Waals surface area contributed by atoms with Crippen molar-refractivity contribution >= 4 is 28.4 Å². The molecular formula is C39H46F2N6O8S. The maximum atomic E-state index is 12.2. The van der Waals surface area contributed by atoms with E-state index in [0.717, 1.165) is 46.7 Å². The molecule has 6 aromatic rings. The topological polar surface area (TPSA) is 156 Å². The largest absolute Gasteiger partial charge is 0.493 e. The van der Waals surface area contributed by atoms with Crippen LogP contribution in [0.1, 0.15) is 37.2 Å². The first-order chi connectivity index (χ1) is 27.2. The molecule has 3 N–H and O–H groups in total. The fraction of sp³-hybridized carbons (Fsp3) is 0.308. The van der Waals surface area contributed by atoms with Crippen molar-refractivity contribution < 1.29 is 46.0 Å². The lowest BCUT2D eigenvalue weighted by Crippen LogP contribution is -2.07. The second kappa shape index (κ2) is 22.9. The lowest BCUT2D eigenvalue weighted by atomic mass is 10.2. The summed E-state index contributed by atoms with van der Waals surface area (Å²) in [5, 5.41) is 9.61. The third kappa shape index (κ3) is 14.2. The summed E-state index contributed by atoms with van der Waals surface area (Å²) in [5.41, 5.74) is 4.46. The monoisotopic (exact) mass is 796 g/mol. The Kier molecular flexibility index (Phi) is 17.4. The van der Waals surface area contributed by atoms with Crippen LogP contribution in [0.15, 0.2) is 100 Å². The number of benzene rings is 3. The summed E-state index contributed by atoms with van der Waals surface area (Å²) < 4.78 is 65.6. The fourth-order valence-electron chi connectivity index (χ4n) is 4.71. The lowest BCUT2D eigenvalue weighted by molar-refractivity contribution is -0.0512. The van der Waals surface area contributed by atoms with Gasteiger partial charge in [-0.3, -0.25) is 4.98 Å². The van der Waals surface area contributed by atoms with Gasteiger partial charge in [0.2, 0.25) is 0 Å². The number of nitrogens with zero attached hydrogens (tertiary/aromatic N) is 3. The van der Waals surface area contributed by atoms with Gasteiger partial charge in [0, 0.05) is 46.3 Å². The fourth-order valence-corrected chi connectivity index (χ4v) is 5.25. The second-order valence-electron chi connectivity index (χ2n) is 11.5. The Morgan fingerprint density at radius 3 is 1.61 bits per heavy atom. The minimum absolute atomic E-state index is 0.0114. The van der Waals surface area contributed by atoms with Crippen molar-refractivity contribution in [2.75, 3.05) is 43.9 Å². The molecule has 17 heteroatoms. The maximum Gasteiger partial charge on any atom is 0.387 e. The zero-order chi connectivity index (χ0) is 40.1. The number of anilines is 3. The molecule has 0 bridgehead atoms. The predicted molar refractivity (Wildman–Crippen MR) is 210 cm³/mol. The van der Waals surface area contributed by atoms with Crippen LogP contribution >= 0.6 is 11.3 Å². The highest BCUT2D eigenvalue weighted by molar-refractivity contribution is 7.09. The summed E-state index contributed by atoms with van der Waals surface area (Å²) in [5.74, 6) is 4.60. The minimum atomic E-state index is -2.89. The predicted octanol–water partition coefficient (Wildman–Crippen LogP) is 9.14. The molecule has 0 fully saturated rings. The van der Waals surface area contributed by atoms with Crippen LogP contribution in [0, 0.1) is 0 Å². The van der Waals surface area contributed by atoms with Gasteiger partial charge in [-0.2, -0.15) is 8.78 Å². The van der Waals surface area contributed by atoms with E-state index in [1.165, 1.54) is 30.8 Å². The number of thiazole rings is 1.